The number of amides is 1. The van der Waals surface area contributed by atoms with E-state index in [2.05, 4.69) is 4.98 Å². The van der Waals surface area contributed by atoms with Crippen molar-refractivity contribution in [1.29, 1.82) is 0 Å². The Kier molecular flexibility index (Phi) is 4.75. The zero-order chi connectivity index (χ0) is 15.4. The van der Waals surface area contributed by atoms with E-state index < -0.39 is 6.10 Å². The van der Waals surface area contributed by atoms with Crippen molar-refractivity contribution in [3.63, 3.8) is 0 Å². The van der Waals surface area contributed by atoms with Gasteiger partial charge >= 0.3 is 0 Å². The van der Waals surface area contributed by atoms with Gasteiger partial charge in [-0.2, -0.15) is 0 Å². The Bertz CT molecular complexity index is 605. The van der Waals surface area contributed by atoms with Gasteiger partial charge in [-0.3, -0.25) is 4.79 Å². The summed E-state index contributed by atoms with van der Waals surface area (Å²) in [5, 5.41) is 9.29. The van der Waals surface area contributed by atoms with Crippen molar-refractivity contribution in [2.75, 3.05) is 13.6 Å². The molecule has 0 radical (unpaired) electrons. The minimum absolute atomic E-state index is 0.128. The molecule has 0 saturated heterocycles. The maximum Gasteiger partial charge on any atom is 0.255 e. The second-order valence-electron chi connectivity index (χ2n) is 5.15. The molecule has 0 aliphatic carbocycles. The van der Waals surface area contributed by atoms with Gasteiger partial charge in [-0.1, -0.05) is 12.1 Å². The van der Waals surface area contributed by atoms with Gasteiger partial charge in [0.15, 0.2) is 0 Å². The number of aromatic amines is 1. The summed E-state index contributed by atoms with van der Waals surface area (Å²) in [7, 11) is 1.70. The van der Waals surface area contributed by atoms with Gasteiger partial charge in [0.05, 0.1) is 11.7 Å². The Morgan fingerprint density at radius 1 is 1.33 bits per heavy atom. The number of aromatic nitrogens is 1. The van der Waals surface area contributed by atoms with Gasteiger partial charge in [0, 0.05) is 31.5 Å². The zero-order valence-electron chi connectivity index (χ0n) is 12.1. The van der Waals surface area contributed by atoms with Crippen molar-refractivity contribution in [2.24, 2.45) is 0 Å². The topological polar surface area (TPSA) is 56.3 Å². The molecule has 1 heterocycles. The highest BCUT2D eigenvalue weighted by Crippen LogP contribution is 2.24. The van der Waals surface area contributed by atoms with Crippen LogP contribution in [0.2, 0.25) is 0 Å². The summed E-state index contributed by atoms with van der Waals surface area (Å²) in [5.74, 6) is -0.438. The van der Waals surface area contributed by atoms with Gasteiger partial charge in [0.1, 0.15) is 5.82 Å². The second kappa shape index (κ2) is 6.54. The van der Waals surface area contributed by atoms with Crippen LogP contribution in [0.15, 0.2) is 36.7 Å². The summed E-state index contributed by atoms with van der Waals surface area (Å²) in [6, 6.07) is 6.03. The van der Waals surface area contributed by atoms with Crippen molar-refractivity contribution in [1.82, 2.24) is 9.88 Å². The lowest BCUT2D eigenvalue weighted by Crippen LogP contribution is -2.29. The number of aliphatic hydroxyl groups is 1. The van der Waals surface area contributed by atoms with Crippen LogP contribution in [0, 0.1) is 5.82 Å². The summed E-state index contributed by atoms with van der Waals surface area (Å²) >= 11 is 0. The van der Waals surface area contributed by atoms with Gasteiger partial charge in [0.25, 0.3) is 5.91 Å². The highest BCUT2D eigenvalue weighted by molar-refractivity contribution is 6.00. The minimum atomic E-state index is -0.442. The van der Waals surface area contributed by atoms with E-state index in [-0.39, 0.29) is 11.7 Å². The lowest BCUT2D eigenvalue weighted by molar-refractivity contribution is 0.0770. The van der Waals surface area contributed by atoms with Crippen LogP contribution in [0.3, 0.4) is 0 Å². The van der Waals surface area contributed by atoms with Crippen molar-refractivity contribution in [2.45, 2.75) is 19.4 Å². The predicted octanol–water partition coefficient (Wildman–Crippen LogP) is 2.66. The maximum atomic E-state index is 13.0. The normalized spacial score (nSPS) is 12.2. The number of hydrogen-bond donors (Lipinski definition) is 2. The number of H-pyrrole nitrogens is 1. The molecule has 0 bridgehead atoms. The molecule has 0 spiro atoms. The second-order valence-corrected chi connectivity index (χ2v) is 5.15. The lowest BCUT2D eigenvalue weighted by atomic mass is 10.0. The van der Waals surface area contributed by atoms with E-state index in [1.54, 1.807) is 43.4 Å². The number of nitrogens with zero attached hydrogens (tertiary/aromatic N) is 1. The first kappa shape index (κ1) is 15.3. The largest absolute Gasteiger partial charge is 0.393 e. The third-order valence-electron chi connectivity index (χ3n) is 3.36. The van der Waals surface area contributed by atoms with Gasteiger partial charge in [-0.25, -0.2) is 4.39 Å². The molecule has 1 unspecified atom stereocenters. The molecular weight excluding hydrogens is 271 g/mol. The molecule has 1 aromatic heterocycles. The molecule has 0 aliphatic heterocycles. The number of benzene rings is 1. The fraction of sp³-hybridized carbons (Fsp3) is 0.312. The number of rotatable bonds is 5. The Balaban J connectivity index is 2.19. The van der Waals surface area contributed by atoms with E-state index in [1.807, 2.05) is 0 Å². The van der Waals surface area contributed by atoms with Crippen LogP contribution < -0.4 is 0 Å². The number of carbonyl (C=O) groups excluding carboxylic acids is 1. The molecule has 2 aromatic rings. The fourth-order valence-electron chi connectivity index (χ4n) is 2.10. The first-order valence-corrected chi connectivity index (χ1v) is 6.85. The summed E-state index contributed by atoms with van der Waals surface area (Å²) in [6.45, 7) is 2.17. The molecule has 0 fully saturated rings. The van der Waals surface area contributed by atoms with Crippen LogP contribution in [0.5, 0.6) is 0 Å². The summed E-state index contributed by atoms with van der Waals surface area (Å²) in [5.41, 5.74) is 2.06. The number of aliphatic hydroxyl groups excluding tert-OH is 1. The molecule has 112 valence electrons. The molecule has 2 N–H and O–H groups in total. The molecule has 21 heavy (non-hydrogen) atoms. The Morgan fingerprint density at radius 2 is 2.00 bits per heavy atom. The molecule has 5 heteroatoms. The number of nitrogens with one attached hydrogen (secondary N) is 1. The zero-order valence-corrected chi connectivity index (χ0v) is 12.1. The summed E-state index contributed by atoms with van der Waals surface area (Å²) < 4.78 is 13.0. The molecule has 2 rings (SSSR count). The molecular formula is C16H19FN2O2. The van der Waals surface area contributed by atoms with E-state index >= 15 is 0 Å². The van der Waals surface area contributed by atoms with Crippen LogP contribution >= 0.6 is 0 Å². The number of carbonyl (C=O) groups is 1. The Hall–Kier alpha value is -2.14. The van der Waals surface area contributed by atoms with Crippen LogP contribution in [-0.2, 0) is 0 Å². The van der Waals surface area contributed by atoms with Crippen molar-refractivity contribution in [3.05, 3.63) is 48.0 Å². The standard InChI is InChI=1S/C16H19FN2O2/c1-11(20)7-8-19(2)16(21)15-10-18-9-14(15)12-3-5-13(17)6-4-12/h3-6,9-11,18,20H,7-8H2,1-2H3. The highest BCUT2D eigenvalue weighted by atomic mass is 19.1. The average Bonchev–Trinajstić information content (AvgIpc) is 2.94. The molecule has 1 atom stereocenters. The first-order chi connectivity index (χ1) is 9.99. The summed E-state index contributed by atoms with van der Waals surface area (Å²) in [4.78, 5) is 16.9. The number of hydrogen-bond acceptors (Lipinski definition) is 2. The SMILES string of the molecule is CC(O)CCN(C)C(=O)c1c[nH]cc1-c1ccc(F)cc1. The molecule has 1 aromatic carbocycles. The van der Waals surface area contributed by atoms with Gasteiger partial charge < -0.3 is 15.0 Å². The maximum absolute atomic E-state index is 13.0. The smallest absolute Gasteiger partial charge is 0.255 e. The van der Waals surface area contributed by atoms with E-state index in [0.717, 1.165) is 11.1 Å². The van der Waals surface area contributed by atoms with Crippen LogP contribution in [-0.4, -0.2) is 40.6 Å². The van der Waals surface area contributed by atoms with Crippen molar-refractivity contribution in [3.8, 4) is 11.1 Å². The minimum Gasteiger partial charge on any atom is -0.393 e. The third-order valence-corrected chi connectivity index (χ3v) is 3.36. The molecule has 0 aliphatic rings. The molecule has 4 nitrogen and oxygen atoms in total. The van der Waals surface area contributed by atoms with Gasteiger partial charge in [-0.05, 0) is 31.0 Å². The quantitative estimate of drug-likeness (QED) is 0.889. The van der Waals surface area contributed by atoms with Crippen LogP contribution in [0.1, 0.15) is 23.7 Å². The van der Waals surface area contributed by atoms with E-state index in [9.17, 15) is 14.3 Å². The van der Waals surface area contributed by atoms with Crippen LogP contribution in [0.25, 0.3) is 11.1 Å². The summed E-state index contributed by atoms with van der Waals surface area (Å²) in [6.07, 6.45) is 3.45. The fourth-order valence-corrected chi connectivity index (χ4v) is 2.10. The van der Waals surface area contributed by atoms with E-state index in [4.69, 9.17) is 0 Å². The van der Waals surface area contributed by atoms with Gasteiger partial charge in [-0.15, -0.1) is 0 Å². The highest BCUT2D eigenvalue weighted by Gasteiger charge is 2.18. The average molecular weight is 290 g/mol. The monoisotopic (exact) mass is 290 g/mol. The van der Waals surface area contributed by atoms with Gasteiger partial charge in [0.2, 0.25) is 0 Å². The Morgan fingerprint density at radius 3 is 2.62 bits per heavy atom. The van der Waals surface area contributed by atoms with Crippen molar-refractivity contribution >= 4 is 5.91 Å². The van der Waals surface area contributed by atoms with E-state index in [1.165, 1.54) is 12.1 Å². The molecule has 1 amide bonds. The first-order valence-electron chi connectivity index (χ1n) is 6.85. The predicted molar refractivity (Wildman–Crippen MR) is 79.4 cm³/mol. The Labute approximate surface area is 123 Å². The van der Waals surface area contributed by atoms with E-state index in [0.29, 0.717) is 18.5 Å². The lowest BCUT2D eigenvalue weighted by Gasteiger charge is -2.18. The molecule has 0 saturated carbocycles. The van der Waals surface area contributed by atoms with Crippen LogP contribution in [0.4, 0.5) is 4.39 Å². The third kappa shape index (κ3) is 3.70. The number of halogens is 1. The van der Waals surface area contributed by atoms with Crippen molar-refractivity contribution < 1.29 is 14.3 Å².